The second kappa shape index (κ2) is 9.14. The van der Waals surface area contributed by atoms with Crippen molar-refractivity contribution >= 4 is 22.7 Å². The zero-order chi connectivity index (χ0) is 21.6. The smallest absolute Gasteiger partial charge is 0.161 e. The number of aromatic nitrogens is 2. The maximum Gasteiger partial charge on any atom is 0.161 e. The van der Waals surface area contributed by atoms with Gasteiger partial charge in [-0.2, -0.15) is 5.26 Å². The molecule has 5 nitrogen and oxygen atoms in total. The standard InChI is InChI=1S/C25H20FN3O2/c1-2-30-24-14-18(9-12-23(24)31-16-17-7-10-20(26)11-8-17)13-19(15-27)25-28-21-5-3-4-6-22(21)29-25/h3-14H,2,16H2,1H3,(H,28,29)/b19-13+. The summed E-state index contributed by atoms with van der Waals surface area (Å²) in [6.07, 6.45) is 1.75. The summed E-state index contributed by atoms with van der Waals surface area (Å²) in [6, 6.07) is 21.5. The van der Waals surface area contributed by atoms with E-state index in [-0.39, 0.29) is 12.4 Å². The Morgan fingerprint density at radius 2 is 1.87 bits per heavy atom. The van der Waals surface area contributed by atoms with E-state index in [2.05, 4.69) is 16.0 Å². The molecule has 6 heteroatoms. The summed E-state index contributed by atoms with van der Waals surface area (Å²) in [5.74, 6) is 1.37. The molecule has 154 valence electrons. The molecule has 0 atom stereocenters. The number of imidazole rings is 1. The molecular formula is C25H20FN3O2. The largest absolute Gasteiger partial charge is 0.490 e. The van der Waals surface area contributed by atoms with Gasteiger partial charge >= 0.3 is 0 Å². The highest BCUT2D eigenvalue weighted by molar-refractivity contribution is 5.90. The number of para-hydroxylation sites is 2. The maximum atomic E-state index is 13.1. The first-order chi connectivity index (χ1) is 15.2. The lowest BCUT2D eigenvalue weighted by Crippen LogP contribution is -2.00. The summed E-state index contributed by atoms with van der Waals surface area (Å²) in [5.41, 5.74) is 3.73. The predicted octanol–water partition coefficient (Wildman–Crippen LogP) is 5.74. The molecule has 4 aromatic rings. The molecule has 1 heterocycles. The van der Waals surface area contributed by atoms with Gasteiger partial charge in [-0.1, -0.05) is 30.3 Å². The van der Waals surface area contributed by atoms with Crippen molar-refractivity contribution in [2.45, 2.75) is 13.5 Å². The van der Waals surface area contributed by atoms with Gasteiger partial charge in [0.25, 0.3) is 0 Å². The number of benzene rings is 3. The highest BCUT2D eigenvalue weighted by atomic mass is 19.1. The second-order valence-electron chi connectivity index (χ2n) is 6.83. The number of nitrogens with zero attached hydrogens (tertiary/aromatic N) is 2. The summed E-state index contributed by atoms with van der Waals surface area (Å²) in [4.78, 5) is 7.67. The Labute approximate surface area is 179 Å². The summed E-state index contributed by atoms with van der Waals surface area (Å²) < 4.78 is 24.7. The van der Waals surface area contributed by atoms with Crippen molar-refractivity contribution in [2.75, 3.05) is 6.61 Å². The van der Waals surface area contributed by atoms with Gasteiger partial charge in [0.15, 0.2) is 11.5 Å². The molecule has 0 aliphatic heterocycles. The Morgan fingerprint density at radius 1 is 1.06 bits per heavy atom. The van der Waals surface area contributed by atoms with Gasteiger partial charge in [-0.15, -0.1) is 0 Å². The summed E-state index contributed by atoms with van der Waals surface area (Å²) in [5, 5.41) is 9.66. The van der Waals surface area contributed by atoms with Crippen LogP contribution in [0.15, 0.2) is 66.7 Å². The van der Waals surface area contributed by atoms with Crippen molar-refractivity contribution in [1.82, 2.24) is 9.97 Å². The molecule has 0 fully saturated rings. The minimum absolute atomic E-state index is 0.285. The van der Waals surface area contributed by atoms with Gasteiger partial charge in [-0.05, 0) is 60.5 Å². The van der Waals surface area contributed by atoms with E-state index < -0.39 is 0 Å². The molecule has 4 rings (SSSR count). The lowest BCUT2D eigenvalue weighted by molar-refractivity contribution is 0.269. The van der Waals surface area contributed by atoms with Gasteiger partial charge in [0.1, 0.15) is 24.3 Å². The Hall–Kier alpha value is -4.11. The van der Waals surface area contributed by atoms with E-state index in [1.54, 1.807) is 24.3 Å². The van der Waals surface area contributed by atoms with E-state index >= 15 is 0 Å². The van der Waals surface area contributed by atoms with E-state index in [1.165, 1.54) is 12.1 Å². The molecule has 0 aliphatic rings. The Kier molecular flexibility index (Phi) is 5.95. The fourth-order valence-electron chi connectivity index (χ4n) is 3.14. The van der Waals surface area contributed by atoms with Crippen molar-refractivity contribution in [3.05, 3.63) is 89.5 Å². The molecule has 0 unspecified atom stereocenters. The number of allylic oxidation sites excluding steroid dienone is 1. The van der Waals surface area contributed by atoms with Crippen LogP contribution in [0.3, 0.4) is 0 Å². The zero-order valence-electron chi connectivity index (χ0n) is 16.9. The van der Waals surface area contributed by atoms with Crippen LogP contribution in [-0.2, 0) is 6.61 Å². The van der Waals surface area contributed by atoms with Crippen molar-refractivity contribution < 1.29 is 13.9 Å². The van der Waals surface area contributed by atoms with Crippen LogP contribution >= 0.6 is 0 Å². The van der Waals surface area contributed by atoms with E-state index in [0.717, 1.165) is 22.2 Å². The lowest BCUT2D eigenvalue weighted by Gasteiger charge is -2.13. The Balaban J connectivity index is 1.59. The highest BCUT2D eigenvalue weighted by Crippen LogP contribution is 2.31. The third-order valence-corrected chi connectivity index (χ3v) is 4.65. The first kappa shape index (κ1) is 20.2. The number of ether oxygens (including phenoxy) is 2. The molecule has 0 radical (unpaired) electrons. The monoisotopic (exact) mass is 413 g/mol. The molecule has 3 aromatic carbocycles. The minimum atomic E-state index is -0.285. The molecule has 31 heavy (non-hydrogen) atoms. The van der Waals surface area contributed by atoms with Crippen LogP contribution in [0.1, 0.15) is 23.9 Å². The quantitative estimate of drug-likeness (QED) is 0.392. The average molecular weight is 413 g/mol. The topological polar surface area (TPSA) is 70.9 Å². The summed E-state index contributed by atoms with van der Waals surface area (Å²) in [6.45, 7) is 2.65. The maximum absolute atomic E-state index is 13.1. The van der Waals surface area contributed by atoms with Crippen molar-refractivity contribution in [1.29, 1.82) is 5.26 Å². The molecule has 0 spiro atoms. The molecule has 0 bridgehead atoms. The van der Waals surface area contributed by atoms with Crippen molar-refractivity contribution in [2.24, 2.45) is 0 Å². The molecule has 1 N–H and O–H groups in total. The van der Waals surface area contributed by atoms with E-state index in [0.29, 0.717) is 29.5 Å². The Bertz CT molecular complexity index is 1240. The Morgan fingerprint density at radius 3 is 2.61 bits per heavy atom. The second-order valence-corrected chi connectivity index (χ2v) is 6.83. The first-order valence-corrected chi connectivity index (χ1v) is 9.87. The zero-order valence-corrected chi connectivity index (χ0v) is 16.9. The lowest BCUT2D eigenvalue weighted by atomic mass is 10.1. The molecule has 0 aliphatic carbocycles. The number of fused-ring (bicyclic) bond motifs is 1. The molecular weight excluding hydrogens is 393 g/mol. The normalized spacial score (nSPS) is 11.3. The molecule has 1 aromatic heterocycles. The third-order valence-electron chi connectivity index (χ3n) is 4.65. The van der Waals surface area contributed by atoms with Gasteiger partial charge in [0.05, 0.1) is 23.2 Å². The summed E-state index contributed by atoms with van der Waals surface area (Å²) >= 11 is 0. The average Bonchev–Trinajstić information content (AvgIpc) is 3.22. The number of hydrogen-bond donors (Lipinski definition) is 1. The van der Waals surface area contributed by atoms with Crippen LogP contribution in [0.25, 0.3) is 22.7 Å². The van der Waals surface area contributed by atoms with Crippen LogP contribution in [0.5, 0.6) is 11.5 Å². The first-order valence-electron chi connectivity index (χ1n) is 9.87. The van der Waals surface area contributed by atoms with Crippen LogP contribution in [0.4, 0.5) is 4.39 Å². The molecule has 0 saturated carbocycles. The number of aromatic amines is 1. The fraction of sp³-hybridized carbons (Fsp3) is 0.120. The SMILES string of the molecule is CCOc1cc(/C=C(\C#N)c2nc3ccccc3[nH]2)ccc1OCc1ccc(F)cc1. The van der Waals surface area contributed by atoms with Crippen LogP contribution < -0.4 is 9.47 Å². The molecule has 0 saturated heterocycles. The minimum Gasteiger partial charge on any atom is -0.490 e. The van der Waals surface area contributed by atoms with Crippen molar-refractivity contribution in [3.8, 4) is 17.6 Å². The number of rotatable bonds is 7. The van der Waals surface area contributed by atoms with Crippen LogP contribution in [0.2, 0.25) is 0 Å². The van der Waals surface area contributed by atoms with Crippen molar-refractivity contribution in [3.63, 3.8) is 0 Å². The van der Waals surface area contributed by atoms with Gasteiger partial charge < -0.3 is 14.5 Å². The summed E-state index contributed by atoms with van der Waals surface area (Å²) in [7, 11) is 0. The number of halogens is 1. The number of hydrogen-bond acceptors (Lipinski definition) is 4. The number of H-pyrrole nitrogens is 1. The van der Waals surface area contributed by atoms with Gasteiger partial charge in [0.2, 0.25) is 0 Å². The van der Waals surface area contributed by atoms with Crippen LogP contribution in [-0.4, -0.2) is 16.6 Å². The van der Waals surface area contributed by atoms with Crippen LogP contribution in [0, 0.1) is 17.1 Å². The van der Waals surface area contributed by atoms with Gasteiger partial charge in [0, 0.05) is 0 Å². The fourth-order valence-corrected chi connectivity index (χ4v) is 3.14. The van der Waals surface area contributed by atoms with Gasteiger partial charge in [-0.3, -0.25) is 0 Å². The van der Waals surface area contributed by atoms with E-state index in [1.807, 2.05) is 43.3 Å². The number of nitriles is 1. The highest BCUT2D eigenvalue weighted by Gasteiger charge is 2.10. The predicted molar refractivity (Wildman–Crippen MR) is 118 cm³/mol. The van der Waals surface area contributed by atoms with E-state index in [4.69, 9.17) is 9.47 Å². The van der Waals surface area contributed by atoms with E-state index in [9.17, 15) is 9.65 Å². The third kappa shape index (κ3) is 4.73. The number of nitrogens with one attached hydrogen (secondary N) is 1. The molecule has 0 amide bonds. The van der Waals surface area contributed by atoms with Gasteiger partial charge in [-0.25, -0.2) is 9.37 Å².